The Hall–Kier alpha value is -1.11. The lowest BCUT2D eigenvalue weighted by molar-refractivity contribution is -0.120. The first-order chi connectivity index (χ1) is 8.13. The third-order valence-corrected chi connectivity index (χ3v) is 2.74. The molecule has 0 saturated heterocycles. The zero-order chi connectivity index (χ0) is 12.7. The topological polar surface area (TPSA) is 58.2 Å². The van der Waals surface area contributed by atoms with Gasteiger partial charge in [0.15, 0.2) is 0 Å². The summed E-state index contributed by atoms with van der Waals surface area (Å²) in [5, 5.41) is 5.28. The van der Waals surface area contributed by atoms with Gasteiger partial charge in [-0.15, -0.1) is 0 Å². The van der Waals surface area contributed by atoms with Crippen molar-refractivity contribution in [2.24, 2.45) is 0 Å². The second-order valence-electron chi connectivity index (χ2n) is 3.54. The van der Waals surface area contributed by atoms with Crippen molar-refractivity contribution in [1.29, 1.82) is 0 Å². The van der Waals surface area contributed by atoms with E-state index in [-0.39, 0.29) is 18.4 Å². The molecule has 1 aromatic carbocycles. The van der Waals surface area contributed by atoms with Crippen LogP contribution in [0.2, 0.25) is 0 Å². The van der Waals surface area contributed by atoms with E-state index in [1.807, 2.05) is 19.1 Å². The van der Waals surface area contributed by atoms with Gasteiger partial charge >= 0.3 is 0 Å². The maximum atomic E-state index is 11.7. The summed E-state index contributed by atoms with van der Waals surface area (Å²) in [4.78, 5) is 23.0. The number of nitrogens with one attached hydrogen (secondary N) is 2. The normalized spacial score (nSPS) is 9.76. The molecule has 0 aromatic heterocycles. The molecule has 17 heavy (non-hydrogen) atoms. The quantitative estimate of drug-likeness (QED) is 0.795. The average molecular weight is 346 g/mol. The van der Waals surface area contributed by atoms with E-state index >= 15 is 0 Å². The van der Waals surface area contributed by atoms with Crippen molar-refractivity contribution >= 4 is 34.4 Å². The minimum Gasteiger partial charge on any atom is -0.355 e. The Balaban J connectivity index is 2.42. The Morgan fingerprint density at radius 1 is 1.29 bits per heavy atom. The highest BCUT2D eigenvalue weighted by molar-refractivity contribution is 14.1. The number of amides is 2. The first kappa shape index (κ1) is 14.0. The van der Waals surface area contributed by atoms with E-state index in [1.54, 1.807) is 12.1 Å². The van der Waals surface area contributed by atoms with Gasteiger partial charge in [-0.25, -0.2) is 0 Å². The van der Waals surface area contributed by atoms with Crippen LogP contribution < -0.4 is 10.6 Å². The van der Waals surface area contributed by atoms with Gasteiger partial charge in [0.25, 0.3) is 5.91 Å². The lowest BCUT2D eigenvalue weighted by Crippen LogP contribution is -2.37. The molecule has 5 heteroatoms. The van der Waals surface area contributed by atoms with E-state index in [1.165, 1.54) is 0 Å². The highest BCUT2D eigenvalue weighted by Gasteiger charge is 2.07. The molecule has 0 radical (unpaired) electrons. The molecule has 0 bridgehead atoms. The third kappa shape index (κ3) is 5.16. The predicted octanol–water partition coefficient (Wildman–Crippen LogP) is 1.55. The maximum absolute atomic E-state index is 11.7. The van der Waals surface area contributed by atoms with Crippen molar-refractivity contribution in [3.8, 4) is 0 Å². The summed E-state index contributed by atoms with van der Waals surface area (Å²) in [6, 6.07) is 7.22. The lowest BCUT2D eigenvalue weighted by atomic mass is 10.2. The molecule has 0 heterocycles. The van der Waals surface area contributed by atoms with Crippen molar-refractivity contribution in [3.63, 3.8) is 0 Å². The summed E-state index contributed by atoms with van der Waals surface area (Å²) in [6.07, 6.45) is 0.885. The van der Waals surface area contributed by atoms with Gasteiger partial charge < -0.3 is 10.6 Å². The van der Waals surface area contributed by atoms with Crippen LogP contribution in [-0.2, 0) is 4.79 Å². The predicted molar refractivity (Wildman–Crippen MR) is 74.8 cm³/mol. The molecule has 2 N–H and O–H groups in total. The fourth-order valence-corrected chi connectivity index (χ4v) is 1.76. The molecule has 92 valence electrons. The summed E-state index contributed by atoms with van der Waals surface area (Å²) < 4.78 is 0.991. The van der Waals surface area contributed by atoms with E-state index < -0.39 is 0 Å². The summed E-state index contributed by atoms with van der Waals surface area (Å²) in [5.74, 6) is -0.388. The molecule has 2 amide bonds. The van der Waals surface area contributed by atoms with E-state index in [0.29, 0.717) is 12.1 Å². The maximum Gasteiger partial charge on any atom is 0.251 e. The van der Waals surface area contributed by atoms with Gasteiger partial charge in [0.05, 0.1) is 6.54 Å². The smallest absolute Gasteiger partial charge is 0.251 e. The van der Waals surface area contributed by atoms with E-state index in [2.05, 4.69) is 33.2 Å². The Labute approximate surface area is 114 Å². The van der Waals surface area contributed by atoms with Crippen molar-refractivity contribution in [2.75, 3.05) is 13.1 Å². The van der Waals surface area contributed by atoms with Gasteiger partial charge in [-0.3, -0.25) is 9.59 Å². The number of rotatable bonds is 5. The Bertz CT molecular complexity index is 407. The Morgan fingerprint density at radius 3 is 2.71 bits per heavy atom. The molecule has 0 atom stereocenters. The van der Waals surface area contributed by atoms with Gasteiger partial charge in [-0.2, -0.15) is 0 Å². The number of carbonyl (C=O) groups excluding carboxylic acids is 2. The van der Waals surface area contributed by atoms with Crippen molar-refractivity contribution in [1.82, 2.24) is 10.6 Å². The second-order valence-corrected chi connectivity index (χ2v) is 4.79. The van der Waals surface area contributed by atoms with Crippen LogP contribution in [0.5, 0.6) is 0 Å². The molecular weight excluding hydrogens is 331 g/mol. The highest BCUT2D eigenvalue weighted by atomic mass is 127. The number of hydrogen-bond acceptors (Lipinski definition) is 2. The van der Waals surface area contributed by atoms with Gasteiger partial charge in [-0.05, 0) is 47.2 Å². The number of benzene rings is 1. The zero-order valence-electron chi connectivity index (χ0n) is 9.63. The summed E-state index contributed by atoms with van der Waals surface area (Å²) in [7, 11) is 0. The second kappa shape index (κ2) is 7.26. The molecule has 0 saturated carbocycles. The van der Waals surface area contributed by atoms with Crippen molar-refractivity contribution in [2.45, 2.75) is 13.3 Å². The van der Waals surface area contributed by atoms with Crippen LogP contribution in [-0.4, -0.2) is 24.9 Å². The monoisotopic (exact) mass is 346 g/mol. The van der Waals surface area contributed by atoms with Gasteiger partial charge in [0.2, 0.25) is 5.91 Å². The van der Waals surface area contributed by atoms with E-state index in [0.717, 1.165) is 9.99 Å². The van der Waals surface area contributed by atoms with Crippen LogP contribution in [0.4, 0.5) is 0 Å². The SMILES string of the molecule is CCCNC(=O)CNC(=O)c1cccc(I)c1. The summed E-state index contributed by atoms with van der Waals surface area (Å²) in [5.41, 5.74) is 0.570. The molecule has 0 aliphatic heterocycles. The van der Waals surface area contributed by atoms with Gasteiger partial charge in [-0.1, -0.05) is 13.0 Å². The standard InChI is InChI=1S/C12H15IN2O2/c1-2-6-14-11(16)8-15-12(17)9-4-3-5-10(13)7-9/h3-5,7H,2,6,8H2,1H3,(H,14,16)(H,15,17). The number of halogens is 1. The first-order valence-electron chi connectivity index (χ1n) is 5.44. The largest absolute Gasteiger partial charge is 0.355 e. The Morgan fingerprint density at radius 2 is 2.06 bits per heavy atom. The fourth-order valence-electron chi connectivity index (χ4n) is 1.22. The summed E-state index contributed by atoms with van der Waals surface area (Å²) in [6.45, 7) is 2.63. The van der Waals surface area contributed by atoms with Crippen LogP contribution >= 0.6 is 22.6 Å². The molecule has 0 fully saturated rings. The molecule has 1 rings (SSSR count). The number of carbonyl (C=O) groups is 2. The molecule has 0 aliphatic carbocycles. The van der Waals surface area contributed by atoms with Crippen LogP contribution in [0.25, 0.3) is 0 Å². The molecule has 0 aliphatic rings. The molecule has 4 nitrogen and oxygen atoms in total. The zero-order valence-corrected chi connectivity index (χ0v) is 11.8. The molecule has 0 unspecified atom stereocenters. The van der Waals surface area contributed by atoms with Crippen LogP contribution in [0.15, 0.2) is 24.3 Å². The van der Waals surface area contributed by atoms with Crippen LogP contribution in [0.1, 0.15) is 23.7 Å². The average Bonchev–Trinajstić information content (AvgIpc) is 2.33. The Kier molecular flexibility index (Phi) is 5.96. The minimum absolute atomic E-state index is 0.0182. The van der Waals surface area contributed by atoms with Crippen molar-refractivity contribution < 1.29 is 9.59 Å². The van der Waals surface area contributed by atoms with E-state index in [4.69, 9.17) is 0 Å². The lowest BCUT2D eigenvalue weighted by Gasteiger charge is -2.06. The summed E-state index contributed by atoms with van der Waals surface area (Å²) >= 11 is 2.14. The number of hydrogen-bond donors (Lipinski definition) is 2. The molecule has 1 aromatic rings. The van der Waals surface area contributed by atoms with Gasteiger partial charge in [0.1, 0.15) is 0 Å². The molecule has 0 spiro atoms. The van der Waals surface area contributed by atoms with Gasteiger partial charge in [0, 0.05) is 15.7 Å². The van der Waals surface area contributed by atoms with Crippen molar-refractivity contribution in [3.05, 3.63) is 33.4 Å². The highest BCUT2D eigenvalue weighted by Crippen LogP contribution is 2.07. The van der Waals surface area contributed by atoms with Crippen LogP contribution in [0, 0.1) is 3.57 Å². The first-order valence-corrected chi connectivity index (χ1v) is 6.52. The van der Waals surface area contributed by atoms with E-state index in [9.17, 15) is 9.59 Å². The fraction of sp³-hybridized carbons (Fsp3) is 0.333. The minimum atomic E-state index is -0.227. The van der Waals surface area contributed by atoms with Crippen LogP contribution in [0.3, 0.4) is 0 Å². The third-order valence-electron chi connectivity index (χ3n) is 2.07. The molecular formula is C12H15IN2O2.